The molecule has 68 valence electrons. The highest BCUT2D eigenvalue weighted by Gasteiger charge is 2.08. The highest BCUT2D eigenvalue weighted by atomic mass is 32.1. The summed E-state index contributed by atoms with van der Waals surface area (Å²) in [5.74, 6) is 0. The normalized spacial score (nSPS) is 11.0. The van der Waals surface area contributed by atoms with Gasteiger partial charge in [0.1, 0.15) is 0 Å². The number of fused-ring (bicyclic) bond motifs is 1. The molecular weight excluding hydrogens is 199 g/mol. The van der Waals surface area contributed by atoms with E-state index in [0.717, 1.165) is 4.88 Å². The van der Waals surface area contributed by atoms with Crippen molar-refractivity contribution in [1.29, 1.82) is 0 Å². The van der Waals surface area contributed by atoms with Gasteiger partial charge in [0.15, 0.2) is 0 Å². The molecule has 0 aliphatic heterocycles. The van der Waals surface area contributed by atoms with Gasteiger partial charge in [-0.25, -0.2) is 0 Å². The largest absolute Gasteiger partial charge is 0.391 e. The van der Waals surface area contributed by atoms with Crippen molar-refractivity contribution in [2.45, 2.75) is 13.5 Å². The predicted molar refractivity (Wildman–Crippen MR) is 61.8 cm³/mol. The van der Waals surface area contributed by atoms with E-state index in [9.17, 15) is 0 Å². The Morgan fingerprint density at radius 2 is 2.23 bits per heavy atom. The maximum absolute atomic E-state index is 9.11. The molecule has 0 fully saturated rings. The van der Waals surface area contributed by atoms with Crippen molar-refractivity contribution in [2.75, 3.05) is 0 Å². The highest BCUT2D eigenvalue weighted by molar-refractivity contribution is 7.32. The van der Waals surface area contributed by atoms with Crippen molar-refractivity contribution >= 4 is 36.0 Å². The predicted octanol–water partition coefficient (Wildman–Crippen LogP) is 2.20. The Hall–Kier alpha value is -0.430. The van der Waals surface area contributed by atoms with Gasteiger partial charge in [-0.05, 0) is 23.2 Å². The second kappa shape index (κ2) is 3.38. The minimum atomic E-state index is 0.148. The van der Waals surface area contributed by atoms with Gasteiger partial charge < -0.3 is 5.11 Å². The summed E-state index contributed by atoms with van der Waals surface area (Å²) in [7, 11) is 2.73. The first-order chi connectivity index (χ1) is 6.24. The third-order valence-corrected chi connectivity index (χ3v) is 4.27. The summed E-state index contributed by atoms with van der Waals surface area (Å²) in [6, 6.07) is 6.23. The van der Waals surface area contributed by atoms with Crippen LogP contribution in [0.4, 0.5) is 0 Å². The molecule has 0 bridgehead atoms. The minimum Gasteiger partial charge on any atom is -0.391 e. The van der Waals surface area contributed by atoms with Crippen molar-refractivity contribution in [3.05, 3.63) is 28.6 Å². The van der Waals surface area contributed by atoms with Crippen molar-refractivity contribution < 1.29 is 5.11 Å². The SMILES string of the molecule is Cc1c(CO)sc2c(P)cccc12. The zero-order valence-electron chi connectivity index (χ0n) is 7.37. The van der Waals surface area contributed by atoms with Gasteiger partial charge in [-0.3, -0.25) is 0 Å². The number of hydrogen-bond acceptors (Lipinski definition) is 2. The monoisotopic (exact) mass is 210 g/mol. The fourth-order valence-electron chi connectivity index (χ4n) is 1.46. The molecule has 0 aliphatic carbocycles. The molecule has 2 rings (SSSR count). The smallest absolute Gasteiger partial charge is 0.0777 e. The lowest BCUT2D eigenvalue weighted by Gasteiger charge is -1.94. The van der Waals surface area contributed by atoms with Crippen LogP contribution in [-0.2, 0) is 6.61 Å². The second-order valence-corrected chi connectivity index (χ2v) is 4.76. The first kappa shape index (κ1) is 9.14. The fraction of sp³-hybridized carbons (Fsp3) is 0.200. The lowest BCUT2D eigenvalue weighted by Crippen LogP contribution is -1.87. The van der Waals surface area contributed by atoms with Gasteiger partial charge in [-0.15, -0.1) is 20.6 Å². The Balaban J connectivity index is 2.83. The molecule has 1 nitrogen and oxygen atoms in total. The van der Waals surface area contributed by atoms with Crippen molar-refractivity contribution in [3.8, 4) is 0 Å². The summed E-state index contributed by atoms with van der Waals surface area (Å²) in [6.45, 7) is 2.21. The van der Waals surface area contributed by atoms with E-state index in [1.54, 1.807) is 11.3 Å². The Bertz CT molecular complexity index is 447. The van der Waals surface area contributed by atoms with Crippen LogP contribution in [0.2, 0.25) is 0 Å². The standard InChI is InChI=1S/C10H11OPS/c1-6-7-3-2-4-8(12)10(7)13-9(6)5-11/h2-4,11H,5,12H2,1H3. The molecule has 0 spiro atoms. The third kappa shape index (κ3) is 1.39. The van der Waals surface area contributed by atoms with E-state index in [1.165, 1.54) is 21.0 Å². The van der Waals surface area contributed by atoms with Crippen LogP contribution in [0.25, 0.3) is 10.1 Å². The van der Waals surface area contributed by atoms with Gasteiger partial charge in [0.2, 0.25) is 0 Å². The van der Waals surface area contributed by atoms with Crippen LogP contribution < -0.4 is 5.30 Å². The van der Waals surface area contributed by atoms with E-state index in [2.05, 4.69) is 28.3 Å². The van der Waals surface area contributed by atoms with Gasteiger partial charge in [0.25, 0.3) is 0 Å². The van der Waals surface area contributed by atoms with Crippen molar-refractivity contribution in [2.24, 2.45) is 0 Å². The fourth-order valence-corrected chi connectivity index (χ4v) is 3.00. The van der Waals surface area contributed by atoms with Gasteiger partial charge in [-0.1, -0.05) is 18.2 Å². The maximum atomic E-state index is 9.11. The van der Waals surface area contributed by atoms with Crippen LogP contribution in [0.1, 0.15) is 10.4 Å². The summed E-state index contributed by atoms with van der Waals surface area (Å²) in [6.07, 6.45) is 0. The Morgan fingerprint density at radius 1 is 1.46 bits per heavy atom. The lowest BCUT2D eigenvalue weighted by molar-refractivity contribution is 0.285. The molecule has 13 heavy (non-hydrogen) atoms. The molecule has 2 aromatic rings. The molecule has 1 atom stereocenters. The number of aliphatic hydroxyl groups excluding tert-OH is 1. The number of rotatable bonds is 1. The molecule has 0 amide bonds. The molecule has 0 saturated carbocycles. The Kier molecular flexibility index (Phi) is 2.37. The minimum absolute atomic E-state index is 0.148. The topological polar surface area (TPSA) is 20.2 Å². The van der Waals surface area contributed by atoms with Gasteiger partial charge >= 0.3 is 0 Å². The molecular formula is C10H11OPS. The summed E-state index contributed by atoms with van der Waals surface area (Å²) in [5, 5.41) is 11.6. The van der Waals surface area contributed by atoms with Crippen molar-refractivity contribution in [3.63, 3.8) is 0 Å². The van der Waals surface area contributed by atoms with Crippen LogP contribution in [0.3, 0.4) is 0 Å². The van der Waals surface area contributed by atoms with Gasteiger partial charge in [0, 0.05) is 9.58 Å². The molecule has 0 saturated heterocycles. The third-order valence-electron chi connectivity index (χ3n) is 2.24. The van der Waals surface area contributed by atoms with Crippen LogP contribution in [0, 0.1) is 6.92 Å². The average molecular weight is 210 g/mol. The molecule has 1 aromatic carbocycles. The molecule has 1 aromatic heterocycles. The van der Waals surface area contributed by atoms with E-state index in [-0.39, 0.29) is 6.61 Å². The van der Waals surface area contributed by atoms with Gasteiger partial charge in [-0.2, -0.15) is 0 Å². The zero-order valence-corrected chi connectivity index (χ0v) is 9.34. The zero-order chi connectivity index (χ0) is 9.42. The van der Waals surface area contributed by atoms with Crippen molar-refractivity contribution in [1.82, 2.24) is 0 Å². The number of hydrogen-bond donors (Lipinski definition) is 1. The molecule has 1 heterocycles. The van der Waals surface area contributed by atoms with Gasteiger partial charge in [0.05, 0.1) is 6.61 Å². The molecule has 3 heteroatoms. The van der Waals surface area contributed by atoms with E-state index in [4.69, 9.17) is 5.11 Å². The van der Waals surface area contributed by atoms with Crippen LogP contribution in [0.5, 0.6) is 0 Å². The number of benzene rings is 1. The summed E-state index contributed by atoms with van der Waals surface area (Å²) in [4.78, 5) is 1.07. The van der Waals surface area contributed by atoms with Crippen LogP contribution in [-0.4, -0.2) is 5.11 Å². The first-order valence-corrected chi connectivity index (χ1v) is 5.50. The van der Waals surface area contributed by atoms with Crippen LogP contribution in [0.15, 0.2) is 18.2 Å². The first-order valence-electron chi connectivity index (χ1n) is 4.11. The number of aliphatic hydroxyl groups is 1. The van der Waals surface area contributed by atoms with E-state index in [0.29, 0.717) is 0 Å². The maximum Gasteiger partial charge on any atom is 0.0777 e. The lowest BCUT2D eigenvalue weighted by atomic mass is 10.1. The Morgan fingerprint density at radius 3 is 2.85 bits per heavy atom. The molecule has 0 radical (unpaired) electrons. The van der Waals surface area contributed by atoms with E-state index >= 15 is 0 Å². The summed E-state index contributed by atoms with van der Waals surface area (Å²) < 4.78 is 1.27. The summed E-state index contributed by atoms with van der Waals surface area (Å²) in [5.41, 5.74) is 1.21. The second-order valence-electron chi connectivity index (χ2n) is 3.03. The van der Waals surface area contributed by atoms with Crippen LogP contribution >= 0.6 is 20.6 Å². The number of thiophene rings is 1. The number of aryl methyl sites for hydroxylation is 1. The molecule has 1 unspecified atom stereocenters. The quantitative estimate of drug-likeness (QED) is 0.715. The average Bonchev–Trinajstić information content (AvgIpc) is 2.45. The van der Waals surface area contributed by atoms with E-state index < -0.39 is 0 Å². The Labute approximate surface area is 83.6 Å². The molecule has 0 aliphatic rings. The van der Waals surface area contributed by atoms with E-state index in [1.807, 2.05) is 6.07 Å². The summed E-state index contributed by atoms with van der Waals surface area (Å²) >= 11 is 1.68. The molecule has 1 N–H and O–H groups in total. The highest BCUT2D eigenvalue weighted by Crippen LogP contribution is 2.30.